The third kappa shape index (κ3) is 5.26. The zero-order valence-corrected chi connectivity index (χ0v) is 12.8. The number of rotatable bonds is 8. The molecule has 0 aromatic carbocycles. The van der Waals surface area contributed by atoms with E-state index in [1.165, 1.54) is 19.3 Å². The van der Waals surface area contributed by atoms with E-state index in [9.17, 15) is 9.90 Å². The van der Waals surface area contributed by atoms with Gasteiger partial charge < -0.3 is 15.2 Å². The number of hydrogen-bond donors (Lipinski definition) is 3. The molecule has 6 heteroatoms. The lowest BCUT2D eigenvalue weighted by Gasteiger charge is -2.26. The van der Waals surface area contributed by atoms with Gasteiger partial charge in [-0.1, -0.05) is 19.3 Å². The number of aromatic nitrogens is 2. The second-order valence-electron chi connectivity index (χ2n) is 5.96. The van der Waals surface area contributed by atoms with Crippen LogP contribution in [0.25, 0.3) is 0 Å². The summed E-state index contributed by atoms with van der Waals surface area (Å²) in [6, 6.07) is 0. The number of imidazole rings is 1. The van der Waals surface area contributed by atoms with Gasteiger partial charge in [0.15, 0.2) is 0 Å². The largest absolute Gasteiger partial charge is 0.481 e. The van der Waals surface area contributed by atoms with Crippen LogP contribution in [0.2, 0.25) is 0 Å². The molecule has 2 rings (SSSR count). The predicted molar refractivity (Wildman–Crippen MR) is 83.9 cm³/mol. The molecule has 122 valence electrons. The van der Waals surface area contributed by atoms with Gasteiger partial charge in [-0.15, -0.1) is 0 Å². The van der Waals surface area contributed by atoms with Crippen molar-refractivity contribution in [3.05, 3.63) is 18.2 Å². The van der Waals surface area contributed by atoms with E-state index in [0.29, 0.717) is 18.8 Å². The van der Waals surface area contributed by atoms with Crippen molar-refractivity contribution < 1.29 is 15.0 Å². The second-order valence-corrected chi connectivity index (χ2v) is 5.96. The van der Waals surface area contributed by atoms with Crippen molar-refractivity contribution in [3.8, 4) is 0 Å². The monoisotopic (exact) mass is 307 g/mol. The van der Waals surface area contributed by atoms with Crippen LogP contribution in [0.15, 0.2) is 17.4 Å². The van der Waals surface area contributed by atoms with Gasteiger partial charge in [0.25, 0.3) is 0 Å². The van der Waals surface area contributed by atoms with Crippen LogP contribution in [0.4, 0.5) is 0 Å². The van der Waals surface area contributed by atoms with Gasteiger partial charge in [-0.2, -0.15) is 0 Å². The van der Waals surface area contributed by atoms with Gasteiger partial charge in [0, 0.05) is 25.0 Å². The number of carboxylic acids is 1. The number of hydrogen-bond acceptors (Lipinski definition) is 4. The van der Waals surface area contributed by atoms with Crippen molar-refractivity contribution in [2.45, 2.75) is 63.5 Å². The average Bonchev–Trinajstić information content (AvgIpc) is 3.02. The highest BCUT2D eigenvalue weighted by Gasteiger charge is 2.25. The summed E-state index contributed by atoms with van der Waals surface area (Å²) >= 11 is 0. The Bertz CT molecular complexity index is 467. The number of aliphatic carboxylic acids is 1. The lowest BCUT2D eigenvalue weighted by atomic mass is 9.80. The fourth-order valence-electron chi connectivity index (χ4n) is 3.07. The minimum absolute atomic E-state index is 0.0663. The normalized spacial score (nSPS) is 19.3. The van der Waals surface area contributed by atoms with Gasteiger partial charge in [-0.05, 0) is 31.6 Å². The maximum absolute atomic E-state index is 10.5. The molecule has 1 aromatic rings. The molecule has 1 heterocycles. The standard InChI is InChI=1S/C16H25N3O3/c20-14(7-4-8-15(21)22)19-11-13(16-17-9-10-18-16)12-5-2-1-3-6-12/h9-14,20H,1-8H2,(H,17,18)(H,21,22). The minimum Gasteiger partial charge on any atom is -0.481 e. The van der Waals surface area contributed by atoms with Crippen LogP contribution < -0.4 is 0 Å². The average molecular weight is 307 g/mol. The summed E-state index contributed by atoms with van der Waals surface area (Å²) in [5.41, 5.74) is 0. The van der Waals surface area contributed by atoms with Crippen molar-refractivity contribution in [1.29, 1.82) is 0 Å². The number of nitrogens with one attached hydrogen (secondary N) is 1. The Hall–Kier alpha value is -1.69. The molecule has 1 fully saturated rings. The number of aromatic amines is 1. The highest BCUT2D eigenvalue weighted by molar-refractivity contribution is 5.67. The van der Waals surface area contributed by atoms with E-state index in [0.717, 1.165) is 18.7 Å². The van der Waals surface area contributed by atoms with Crippen LogP contribution in [0.1, 0.15) is 63.1 Å². The van der Waals surface area contributed by atoms with E-state index in [4.69, 9.17) is 5.11 Å². The number of aliphatic imine (C=N–C) groups is 1. The zero-order chi connectivity index (χ0) is 15.8. The van der Waals surface area contributed by atoms with Crippen LogP contribution >= 0.6 is 0 Å². The summed E-state index contributed by atoms with van der Waals surface area (Å²) in [6.45, 7) is 0. The summed E-state index contributed by atoms with van der Waals surface area (Å²) in [4.78, 5) is 22.2. The Labute approximate surface area is 130 Å². The predicted octanol–water partition coefficient (Wildman–Crippen LogP) is 2.72. The molecule has 0 saturated heterocycles. The van der Waals surface area contributed by atoms with Gasteiger partial charge in [-0.25, -0.2) is 4.98 Å². The SMILES string of the molecule is O=C(O)CCCC(O)N=CC(c1ncc[nH]1)C1CCCCC1. The topological polar surface area (TPSA) is 98.6 Å². The molecule has 1 aliphatic carbocycles. The molecule has 0 amide bonds. The van der Waals surface area contributed by atoms with Crippen molar-refractivity contribution in [2.75, 3.05) is 0 Å². The number of nitrogens with zero attached hydrogens (tertiary/aromatic N) is 2. The molecular weight excluding hydrogens is 282 g/mol. The molecule has 1 aromatic heterocycles. The van der Waals surface area contributed by atoms with E-state index in [1.807, 2.05) is 6.20 Å². The fourth-order valence-corrected chi connectivity index (χ4v) is 3.07. The smallest absolute Gasteiger partial charge is 0.303 e. The molecule has 2 unspecified atom stereocenters. The third-order valence-electron chi connectivity index (χ3n) is 4.26. The molecular formula is C16H25N3O3. The lowest BCUT2D eigenvalue weighted by molar-refractivity contribution is -0.137. The van der Waals surface area contributed by atoms with E-state index in [1.54, 1.807) is 12.4 Å². The molecule has 0 aliphatic heterocycles. The Morgan fingerprint density at radius 2 is 2.23 bits per heavy atom. The van der Waals surface area contributed by atoms with Crippen LogP contribution in [0.3, 0.4) is 0 Å². The van der Waals surface area contributed by atoms with E-state index < -0.39 is 12.2 Å². The van der Waals surface area contributed by atoms with Gasteiger partial charge in [-0.3, -0.25) is 9.79 Å². The van der Waals surface area contributed by atoms with Gasteiger partial charge in [0.2, 0.25) is 0 Å². The Balaban J connectivity index is 1.93. The third-order valence-corrected chi connectivity index (χ3v) is 4.26. The summed E-state index contributed by atoms with van der Waals surface area (Å²) in [5, 5.41) is 18.5. The molecule has 1 aliphatic rings. The number of H-pyrrole nitrogens is 1. The lowest BCUT2D eigenvalue weighted by Crippen LogP contribution is -2.19. The van der Waals surface area contributed by atoms with Gasteiger partial charge in [0.1, 0.15) is 12.1 Å². The quantitative estimate of drug-likeness (QED) is 0.643. The van der Waals surface area contributed by atoms with Crippen molar-refractivity contribution in [1.82, 2.24) is 9.97 Å². The number of aliphatic hydroxyl groups excluding tert-OH is 1. The Morgan fingerprint density at radius 3 is 2.86 bits per heavy atom. The highest BCUT2D eigenvalue weighted by atomic mass is 16.4. The van der Waals surface area contributed by atoms with Gasteiger partial charge >= 0.3 is 5.97 Å². The van der Waals surface area contributed by atoms with Crippen LogP contribution in [0, 0.1) is 5.92 Å². The maximum Gasteiger partial charge on any atom is 0.303 e. The second kappa shape index (κ2) is 8.68. The first-order valence-electron chi connectivity index (χ1n) is 8.09. The summed E-state index contributed by atoms with van der Waals surface area (Å²) in [5.74, 6) is 0.666. The number of carboxylic acid groups (broad SMARTS) is 1. The van der Waals surface area contributed by atoms with Gasteiger partial charge in [0.05, 0.1) is 5.92 Å². The van der Waals surface area contributed by atoms with E-state index in [2.05, 4.69) is 15.0 Å². The molecule has 0 spiro atoms. The summed E-state index contributed by atoms with van der Waals surface area (Å²) in [7, 11) is 0. The fraction of sp³-hybridized carbons (Fsp3) is 0.688. The Morgan fingerprint density at radius 1 is 1.45 bits per heavy atom. The number of aliphatic hydroxyl groups is 1. The molecule has 6 nitrogen and oxygen atoms in total. The highest BCUT2D eigenvalue weighted by Crippen LogP contribution is 2.33. The molecule has 0 bridgehead atoms. The first kappa shape index (κ1) is 16.7. The summed E-state index contributed by atoms with van der Waals surface area (Å²) < 4.78 is 0. The van der Waals surface area contributed by atoms with Crippen molar-refractivity contribution in [2.24, 2.45) is 10.9 Å². The molecule has 0 radical (unpaired) electrons. The number of carbonyl (C=O) groups is 1. The minimum atomic E-state index is -0.841. The molecule has 3 N–H and O–H groups in total. The van der Waals surface area contributed by atoms with Crippen molar-refractivity contribution in [3.63, 3.8) is 0 Å². The Kier molecular flexibility index (Phi) is 6.58. The van der Waals surface area contributed by atoms with Crippen molar-refractivity contribution >= 4 is 12.2 Å². The molecule has 2 atom stereocenters. The molecule has 22 heavy (non-hydrogen) atoms. The summed E-state index contributed by atoms with van der Waals surface area (Å²) in [6.07, 6.45) is 11.5. The van der Waals surface area contributed by atoms with Crippen LogP contribution in [-0.4, -0.2) is 38.6 Å². The first-order chi connectivity index (χ1) is 10.7. The first-order valence-corrected chi connectivity index (χ1v) is 8.09. The zero-order valence-electron chi connectivity index (χ0n) is 12.8. The van der Waals surface area contributed by atoms with Crippen LogP contribution in [-0.2, 0) is 4.79 Å². The maximum atomic E-state index is 10.5. The van der Waals surface area contributed by atoms with E-state index in [-0.39, 0.29) is 12.3 Å². The molecule has 1 saturated carbocycles. The van der Waals surface area contributed by atoms with Crippen LogP contribution in [0.5, 0.6) is 0 Å². The van der Waals surface area contributed by atoms with E-state index >= 15 is 0 Å².